The summed E-state index contributed by atoms with van der Waals surface area (Å²) in [4.78, 5) is 2.47. The number of aromatic amines is 1. The Bertz CT molecular complexity index is 901. The minimum absolute atomic E-state index is 0.444. The number of H-pyrrole nitrogens is 1. The van der Waals surface area contributed by atoms with Gasteiger partial charge in [-0.1, -0.05) is 0 Å². The Morgan fingerprint density at radius 3 is 2.84 bits per heavy atom. The molecule has 1 aliphatic carbocycles. The third-order valence-corrected chi connectivity index (χ3v) is 5.54. The molecule has 1 saturated heterocycles. The highest BCUT2D eigenvalue weighted by molar-refractivity contribution is 5.43. The van der Waals surface area contributed by atoms with Gasteiger partial charge >= 0.3 is 0 Å². The molecule has 0 amide bonds. The lowest BCUT2D eigenvalue weighted by atomic mass is 9.96. The van der Waals surface area contributed by atoms with Crippen molar-refractivity contribution in [1.82, 2.24) is 34.9 Å². The molecule has 130 valence electrons. The standard InChI is InChI=1S/C18H23N7/c1-12-9-15(20-19-12)11-24-7-5-13(6-8-24)18-22-21-17-10-14-3-2-4-16(14)23-25(17)18/h9-10,13H,2-8,11H2,1H3,(H,19,20). The van der Waals surface area contributed by atoms with E-state index < -0.39 is 0 Å². The van der Waals surface area contributed by atoms with Gasteiger partial charge in [0.1, 0.15) is 0 Å². The molecule has 1 N–H and O–H groups in total. The average molecular weight is 337 g/mol. The van der Waals surface area contributed by atoms with Crippen LogP contribution in [0.3, 0.4) is 0 Å². The molecule has 0 aromatic carbocycles. The van der Waals surface area contributed by atoms with E-state index in [2.05, 4.69) is 37.4 Å². The summed E-state index contributed by atoms with van der Waals surface area (Å²) >= 11 is 0. The second kappa shape index (κ2) is 5.91. The summed E-state index contributed by atoms with van der Waals surface area (Å²) in [7, 11) is 0. The maximum Gasteiger partial charge on any atom is 0.178 e. The Morgan fingerprint density at radius 1 is 1.16 bits per heavy atom. The van der Waals surface area contributed by atoms with Gasteiger partial charge in [0.25, 0.3) is 0 Å². The van der Waals surface area contributed by atoms with Crippen LogP contribution in [-0.2, 0) is 19.4 Å². The predicted octanol–water partition coefficient (Wildman–Crippen LogP) is 2.02. The molecule has 3 aromatic rings. The van der Waals surface area contributed by atoms with Gasteiger partial charge in [0.05, 0.1) is 11.4 Å². The molecular formula is C18H23N7. The number of likely N-dealkylation sites (tertiary alicyclic amines) is 1. The molecule has 0 bridgehead atoms. The quantitative estimate of drug-likeness (QED) is 0.791. The molecule has 4 heterocycles. The van der Waals surface area contributed by atoms with E-state index in [0.29, 0.717) is 5.92 Å². The van der Waals surface area contributed by atoms with Gasteiger partial charge in [-0.25, -0.2) is 0 Å². The lowest BCUT2D eigenvalue weighted by Gasteiger charge is -2.30. The normalized spacial score (nSPS) is 18.9. The number of hydrogen-bond acceptors (Lipinski definition) is 5. The highest BCUT2D eigenvalue weighted by atomic mass is 15.4. The summed E-state index contributed by atoms with van der Waals surface area (Å²) in [5.74, 6) is 1.49. The molecule has 0 unspecified atom stereocenters. The van der Waals surface area contributed by atoms with E-state index in [1.165, 1.54) is 17.7 Å². The van der Waals surface area contributed by atoms with E-state index in [-0.39, 0.29) is 0 Å². The van der Waals surface area contributed by atoms with E-state index in [1.54, 1.807) is 0 Å². The first-order valence-electron chi connectivity index (χ1n) is 9.23. The third kappa shape index (κ3) is 2.72. The van der Waals surface area contributed by atoms with Gasteiger partial charge in [-0.3, -0.25) is 10.00 Å². The van der Waals surface area contributed by atoms with Gasteiger partial charge in [-0.15, -0.1) is 10.2 Å². The number of fused-ring (bicyclic) bond motifs is 2. The van der Waals surface area contributed by atoms with Crippen LogP contribution in [0, 0.1) is 6.92 Å². The summed E-state index contributed by atoms with van der Waals surface area (Å²) < 4.78 is 2.00. The molecule has 7 heteroatoms. The number of rotatable bonds is 3. The van der Waals surface area contributed by atoms with Crippen molar-refractivity contribution in [3.8, 4) is 0 Å². The topological polar surface area (TPSA) is 75.0 Å². The first-order valence-corrected chi connectivity index (χ1v) is 9.23. The van der Waals surface area contributed by atoms with Crippen molar-refractivity contribution in [3.05, 3.63) is 40.6 Å². The van der Waals surface area contributed by atoms with Crippen molar-refractivity contribution in [2.75, 3.05) is 13.1 Å². The van der Waals surface area contributed by atoms with Crippen molar-refractivity contribution < 1.29 is 0 Å². The first kappa shape index (κ1) is 15.0. The van der Waals surface area contributed by atoms with Crippen molar-refractivity contribution in [1.29, 1.82) is 0 Å². The summed E-state index contributed by atoms with van der Waals surface area (Å²) in [6.07, 6.45) is 5.63. The smallest absolute Gasteiger partial charge is 0.178 e. The number of nitrogens with zero attached hydrogens (tertiary/aromatic N) is 6. The molecule has 1 aliphatic heterocycles. The van der Waals surface area contributed by atoms with Gasteiger partial charge in [0.15, 0.2) is 11.5 Å². The summed E-state index contributed by atoms with van der Waals surface area (Å²) in [5.41, 5.74) is 5.75. The second-order valence-corrected chi connectivity index (χ2v) is 7.39. The molecular weight excluding hydrogens is 314 g/mol. The second-order valence-electron chi connectivity index (χ2n) is 7.39. The van der Waals surface area contributed by atoms with E-state index >= 15 is 0 Å². The summed E-state index contributed by atoms with van der Waals surface area (Å²) in [6.45, 7) is 5.10. The van der Waals surface area contributed by atoms with Gasteiger partial charge in [0, 0.05) is 18.2 Å². The van der Waals surface area contributed by atoms with Crippen molar-refractivity contribution in [2.24, 2.45) is 0 Å². The summed E-state index contributed by atoms with van der Waals surface area (Å²) in [5, 5.41) is 21.1. The van der Waals surface area contributed by atoms with Gasteiger partial charge in [-0.05, 0) is 69.8 Å². The molecule has 1 fully saturated rings. The van der Waals surface area contributed by atoms with Crippen LogP contribution >= 0.6 is 0 Å². The Labute approximate surface area is 146 Å². The number of hydrogen-bond donors (Lipinski definition) is 1. The highest BCUT2D eigenvalue weighted by Crippen LogP contribution is 2.29. The molecule has 0 saturated carbocycles. The number of aryl methyl sites for hydroxylation is 3. The van der Waals surface area contributed by atoms with Crippen molar-refractivity contribution >= 4 is 5.65 Å². The molecule has 0 radical (unpaired) electrons. The molecule has 2 aliphatic rings. The summed E-state index contributed by atoms with van der Waals surface area (Å²) in [6, 6.07) is 4.31. The maximum atomic E-state index is 4.84. The fourth-order valence-electron chi connectivity index (χ4n) is 4.18. The minimum atomic E-state index is 0.444. The van der Waals surface area contributed by atoms with Crippen LogP contribution < -0.4 is 0 Å². The Kier molecular flexibility index (Phi) is 3.55. The number of aromatic nitrogens is 6. The fourth-order valence-corrected chi connectivity index (χ4v) is 4.18. The monoisotopic (exact) mass is 337 g/mol. The predicted molar refractivity (Wildman–Crippen MR) is 93.4 cm³/mol. The van der Waals surface area contributed by atoms with Crippen LogP contribution in [0.2, 0.25) is 0 Å². The molecule has 0 atom stereocenters. The van der Waals surface area contributed by atoms with Gasteiger partial charge in [0.2, 0.25) is 0 Å². The van der Waals surface area contributed by atoms with Crippen molar-refractivity contribution in [3.63, 3.8) is 0 Å². The van der Waals surface area contributed by atoms with Crippen LogP contribution in [0.1, 0.15) is 53.7 Å². The average Bonchev–Trinajstić information content (AvgIpc) is 3.33. The van der Waals surface area contributed by atoms with Crippen LogP contribution in [-0.4, -0.2) is 48.0 Å². The molecule has 3 aromatic heterocycles. The number of piperidine rings is 1. The minimum Gasteiger partial charge on any atom is -0.297 e. The molecule has 25 heavy (non-hydrogen) atoms. The first-order chi connectivity index (χ1) is 12.3. The van der Waals surface area contributed by atoms with E-state index in [1.807, 2.05) is 11.4 Å². The zero-order valence-electron chi connectivity index (χ0n) is 14.6. The lowest BCUT2D eigenvalue weighted by molar-refractivity contribution is 0.199. The Balaban J connectivity index is 1.31. The maximum absolute atomic E-state index is 4.84. The van der Waals surface area contributed by atoms with E-state index in [0.717, 1.165) is 68.2 Å². The Hall–Kier alpha value is -2.28. The zero-order chi connectivity index (χ0) is 16.8. The van der Waals surface area contributed by atoms with Gasteiger partial charge in [-0.2, -0.15) is 14.7 Å². The molecule has 0 spiro atoms. The van der Waals surface area contributed by atoms with Crippen LogP contribution in [0.25, 0.3) is 5.65 Å². The van der Waals surface area contributed by atoms with Crippen LogP contribution in [0.4, 0.5) is 0 Å². The fraction of sp³-hybridized carbons (Fsp3) is 0.556. The van der Waals surface area contributed by atoms with Crippen molar-refractivity contribution in [2.45, 2.75) is 51.5 Å². The third-order valence-electron chi connectivity index (χ3n) is 5.54. The van der Waals surface area contributed by atoms with Gasteiger partial charge < -0.3 is 0 Å². The molecule has 7 nitrogen and oxygen atoms in total. The van der Waals surface area contributed by atoms with Crippen LogP contribution in [0.15, 0.2) is 12.1 Å². The SMILES string of the molecule is Cc1cc(CN2CCC(c3nnc4cc5c(nn34)CCC5)CC2)n[nH]1. The van der Waals surface area contributed by atoms with Crippen LogP contribution in [0.5, 0.6) is 0 Å². The lowest BCUT2D eigenvalue weighted by Crippen LogP contribution is -2.33. The number of nitrogens with one attached hydrogen (secondary N) is 1. The van der Waals surface area contributed by atoms with E-state index in [4.69, 9.17) is 5.10 Å². The zero-order valence-corrected chi connectivity index (χ0v) is 14.6. The van der Waals surface area contributed by atoms with E-state index in [9.17, 15) is 0 Å². The molecule has 5 rings (SSSR count). The Morgan fingerprint density at radius 2 is 2.04 bits per heavy atom. The largest absolute Gasteiger partial charge is 0.297 e. The highest BCUT2D eigenvalue weighted by Gasteiger charge is 2.26.